The standard InChI is InChI=1S/C9H16N2O/c1-7(6-12)5-11-9(3)4-8(2)10-11/h4,7,12H,5-6H2,1-3H3/t7-/m1/s1. The van der Waals surface area contributed by atoms with Crippen LogP contribution < -0.4 is 0 Å². The summed E-state index contributed by atoms with van der Waals surface area (Å²) in [5.41, 5.74) is 2.20. The van der Waals surface area contributed by atoms with Crippen molar-refractivity contribution in [2.75, 3.05) is 6.61 Å². The van der Waals surface area contributed by atoms with Gasteiger partial charge in [-0.05, 0) is 25.8 Å². The highest BCUT2D eigenvalue weighted by Crippen LogP contribution is 2.05. The summed E-state index contributed by atoms with van der Waals surface area (Å²) in [7, 11) is 0. The number of hydrogen-bond donors (Lipinski definition) is 1. The van der Waals surface area contributed by atoms with Gasteiger partial charge in [0.2, 0.25) is 0 Å². The highest BCUT2D eigenvalue weighted by Gasteiger charge is 2.04. The van der Waals surface area contributed by atoms with Crippen molar-refractivity contribution < 1.29 is 5.11 Å². The Labute approximate surface area is 73.0 Å². The van der Waals surface area contributed by atoms with Crippen LogP contribution >= 0.6 is 0 Å². The zero-order chi connectivity index (χ0) is 9.14. The number of aliphatic hydroxyl groups is 1. The molecule has 3 nitrogen and oxygen atoms in total. The van der Waals surface area contributed by atoms with Gasteiger partial charge in [0.15, 0.2) is 0 Å². The summed E-state index contributed by atoms with van der Waals surface area (Å²) in [6, 6.07) is 2.05. The molecule has 1 atom stereocenters. The zero-order valence-electron chi connectivity index (χ0n) is 7.91. The van der Waals surface area contributed by atoms with Gasteiger partial charge < -0.3 is 5.11 Å². The van der Waals surface area contributed by atoms with Gasteiger partial charge in [-0.25, -0.2) is 0 Å². The summed E-state index contributed by atoms with van der Waals surface area (Å²) >= 11 is 0. The molecule has 0 fully saturated rings. The summed E-state index contributed by atoms with van der Waals surface area (Å²) < 4.78 is 1.94. The second-order valence-electron chi connectivity index (χ2n) is 3.40. The van der Waals surface area contributed by atoms with Crippen molar-refractivity contribution in [2.45, 2.75) is 27.3 Å². The van der Waals surface area contributed by atoms with Crippen LogP contribution in [0.3, 0.4) is 0 Å². The summed E-state index contributed by atoms with van der Waals surface area (Å²) in [6.07, 6.45) is 0. The third-order valence-corrected chi connectivity index (χ3v) is 1.90. The molecule has 0 aliphatic carbocycles. The third-order valence-electron chi connectivity index (χ3n) is 1.90. The fourth-order valence-corrected chi connectivity index (χ4v) is 1.21. The highest BCUT2D eigenvalue weighted by molar-refractivity contribution is 5.06. The van der Waals surface area contributed by atoms with E-state index in [0.29, 0.717) is 0 Å². The fourth-order valence-electron chi connectivity index (χ4n) is 1.21. The number of aromatic nitrogens is 2. The molecule has 0 spiro atoms. The molecule has 0 aliphatic heterocycles. The van der Waals surface area contributed by atoms with Crippen molar-refractivity contribution >= 4 is 0 Å². The van der Waals surface area contributed by atoms with Crippen molar-refractivity contribution in [3.05, 3.63) is 17.5 Å². The van der Waals surface area contributed by atoms with E-state index in [1.54, 1.807) is 0 Å². The van der Waals surface area contributed by atoms with Crippen LogP contribution in [0.4, 0.5) is 0 Å². The van der Waals surface area contributed by atoms with Crippen molar-refractivity contribution in [3.8, 4) is 0 Å². The van der Waals surface area contributed by atoms with E-state index < -0.39 is 0 Å². The van der Waals surface area contributed by atoms with Gasteiger partial charge in [-0.1, -0.05) is 6.92 Å². The lowest BCUT2D eigenvalue weighted by atomic mass is 10.2. The number of nitrogens with zero attached hydrogens (tertiary/aromatic N) is 2. The zero-order valence-corrected chi connectivity index (χ0v) is 7.91. The lowest BCUT2D eigenvalue weighted by Crippen LogP contribution is -2.13. The lowest BCUT2D eigenvalue weighted by Gasteiger charge is -2.08. The van der Waals surface area contributed by atoms with Crippen LogP contribution in [0.15, 0.2) is 6.07 Å². The highest BCUT2D eigenvalue weighted by atomic mass is 16.3. The lowest BCUT2D eigenvalue weighted by molar-refractivity contribution is 0.218. The summed E-state index contributed by atoms with van der Waals surface area (Å²) in [6.45, 7) is 7.04. The summed E-state index contributed by atoms with van der Waals surface area (Å²) in [5.74, 6) is 0.281. The van der Waals surface area contributed by atoms with Crippen LogP contribution in [0, 0.1) is 19.8 Å². The minimum Gasteiger partial charge on any atom is -0.396 e. The van der Waals surface area contributed by atoms with Crippen molar-refractivity contribution in [1.29, 1.82) is 0 Å². The van der Waals surface area contributed by atoms with E-state index in [2.05, 4.69) is 5.10 Å². The smallest absolute Gasteiger partial charge is 0.0596 e. The molecule has 0 radical (unpaired) electrons. The molecule has 1 aromatic heterocycles. The van der Waals surface area contributed by atoms with E-state index >= 15 is 0 Å². The molecule has 1 N–H and O–H groups in total. The Hall–Kier alpha value is -0.830. The van der Waals surface area contributed by atoms with E-state index in [9.17, 15) is 0 Å². The first kappa shape index (κ1) is 9.26. The maximum atomic E-state index is 8.85. The quantitative estimate of drug-likeness (QED) is 0.734. The van der Waals surface area contributed by atoms with Gasteiger partial charge in [-0.3, -0.25) is 4.68 Å². The van der Waals surface area contributed by atoms with Crippen LogP contribution in [0.5, 0.6) is 0 Å². The molecule has 1 heterocycles. The van der Waals surface area contributed by atoms with E-state index in [1.807, 2.05) is 31.5 Å². The predicted molar refractivity (Wildman–Crippen MR) is 48.0 cm³/mol. The molecule has 0 saturated carbocycles. The van der Waals surface area contributed by atoms with Crippen LogP contribution in [0.2, 0.25) is 0 Å². The van der Waals surface area contributed by atoms with Crippen molar-refractivity contribution in [2.24, 2.45) is 5.92 Å². The molecule has 0 unspecified atom stereocenters. The molecule has 1 aromatic rings. The van der Waals surface area contributed by atoms with Crippen LogP contribution in [0.25, 0.3) is 0 Å². The fraction of sp³-hybridized carbons (Fsp3) is 0.667. The van der Waals surface area contributed by atoms with Gasteiger partial charge in [0, 0.05) is 18.8 Å². The summed E-state index contributed by atoms with van der Waals surface area (Å²) in [5, 5.41) is 13.2. The molecule has 3 heteroatoms. The number of hydrogen-bond acceptors (Lipinski definition) is 2. The largest absolute Gasteiger partial charge is 0.396 e. The maximum Gasteiger partial charge on any atom is 0.0596 e. The van der Waals surface area contributed by atoms with E-state index in [4.69, 9.17) is 5.11 Å². The molecule has 0 bridgehead atoms. The monoisotopic (exact) mass is 168 g/mol. The Morgan fingerprint density at radius 3 is 2.67 bits per heavy atom. The second-order valence-corrected chi connectivity index (χ2v) is 3.40. The molecule has 0 amide bonds. The van der Waals surface area contributed by atoms with Gasteiger partial charge in [0.25, 0.3) is 0 Å². The molecule has 68 valence electrons. The van der Waals surface area contributed by atoms with Gasteiger partial charge in [0.1, 0.15) is 0 Å². The molecular formula is C9H16N2O. The molecule has 0 aromatic carbocycles. The van der Waals surface area contributed by atoms with Gasteiger partial charge in [-0.15, -0.1) is 0 Å². The number of aliphatic hydroxyl groups excluding tert-OH is 1. The van der Waals surface area contributed by atoms with Crippen molar-refractivity contribution in [3.63, 3.8) is 0 Å². The normalized spacial score (nSPS) is 13.3. The average Bonchev–Trinajstić information content (AvgIpc) is 2.30. The average molecular weight is 168 g/mol. The molecule has 1 rings (SSSR count). The minimum absolute atomic E-state index is 0.221. The predicted octanol–water partition coefficient (Wildman–Crippen LogP) is 1.13. The third kappa shape index (κ3) is 2.08. The summed E-state index contributed by atoms with van der Waals surface area (Å²) in [4.78, 5) is 0. The Kier molecular flexibility index (Phi) is 2.87. The molecule has 12 heavy (non-hydrogen) atoms. The first-order valence-corrected chi connectivity index (χ1v) is 4.25. The Balaban J connectivity index is 2.68. The molecular weight excluding hydrogens is 152 g/mol. The number of rotatable bonds is 3. The van der Waals surface area contributed by atoms with Crippen LogP contribution in [0.1, 0.15) is 18.3 Å². The van der Waals surface area contributed by atoms with E-state index in [0.717, 1.165) is 17.9 Å². The van der Waals surface area contributed by atoms with Crippen LogP contribution in [-0.2, 0) is 6.54 Å². The van der Waals surface area contributed by atoms with Gasteiger partial charge >= 0.3 is 0 Å². The molecule has 0 saturated heterocycles. The Morgan fingerprint density at radius 1 is 1.58 bits per heavy atom. The van der Waals surface area contributed by atoms with E-state index in [1.165, 1.54) is 0 Å². The first-order valence-electron chi connectivity index (χ1n) is 4.25. The Morgan fingerprint density at radius 2 is 2.25 bits per heavy atom. The SMILES string of the molecule is Cc1cc(C)n(C[C@@H](C)CO)n1. The van der Waals surface area contributed by atoms with Crippen LogP contribution in [-0.4, -0.2) is 21.5 Å². The van der Waals surface area contributed by atoms with E-state index in [-0.39, 0.29) is 12.5 Å². The Bertz CT molecular complexity index is 255. The topological polar surface area (TPSA) is 38.0 Å². The van der Waals surface area contributed by atoms with Gasteiger partial charge in [-0.2, -0.15) is 5.10 Å². The van der Waals surface area contributed by atoms with Crippen molar-refractivity contribution in [1.82, 2.24) is 9.78 Å². The maximum absolute atomic E-state index is 8.85. The van der Waals surface area contributed by atoms with Gasteiger partial charge in [0.05, 0.1) is 5.69 Å². The molecule has 0 aliphatic rings. The minimum atomic E-state index is 0.221. The number of aryl methyl sites for hydroxylation is 2. The first-order chi connectivity index (χ1) is 5.63. The second kappa shape index (κ2) is 3.72.